The Balaban J connectivity index is 1.55. The summed E-state index contributed by atoms with van der Waals surface area (Å²) in [6.07, 6.45) is 2.59. The Kier molecular flexibility index (Phi) is 8.24. The van der Waals surface area contributed by atoms with Crippen molar-refractivity contribution < 1.29 is 14.6 Å². The second-order valence-corrected chi connectivity index (χ2v) is 9.94. The zero-order valence-electron chi connectivity index (χ0n) is 21.8. The van der Waals surface area contributed by atoms with Crippen LogP contribution in [0.5, 0.6) is 5.75 Å². The maximum absolute atomic E-state index is 12.1. The molecule has 0 spiro atoms. The number of carbonyl (C=O) groups is 1. The number of ether oxygens (including phenoxy) is 1. The number of rotatable bonds is 10. The second-order valence-electron chi connectivity index (χ2n) is 9.57. The molecule has 1 heterocycles. The molecule has 0 unspecified atom stereocenters. The van der Waals surface area contributed by atoms with E-state index >= 15 is 0 Å². The van der Waals surface area contributed by atoms with Gasteiger partial charge in [-0.25, -0.2) is 4.79 Å². The molecule has 0 radical (unpaired) electrons. The van der Waals surface area contributed by atoms with E-state index < -0.39 is 5.97 Å². The molecule has 3 aromatic carbocycles. The second kappa shape index (κ2) is 11.6. The van der Waals surface area contributed by atoms with Gasteiger partial charge < -0.3 is 19.3 Å². The monoisotopic (exact) mass is 516 g/mol. The Labute approximate surface area is 223 Å². The van der Waals surface area contributed by atoms with Crippen molar-refractivity contribution >= 4 is 28.9 Å². The van der Waals surface area contributed by atoms with Crippen molar-refractivity contribution in [3.63, 3.8) is 0 Å². The molecular weight excluding hydrogens is 484 g/mol. The lowest BCUT2D eigenvalue weighted by Gasteiger charge is -2.24. The minimum Gasteiger partial charge on any atom is -0.494 e. The van der Waals surface area contributed by atoms with Crippen molar-refractivity contribution in [2.45, 2.75) is 47.2 Å². The number of aromatic nitrogens is 1. The van der Waals surface area contributed by atoms with Crippen LogP contribution in [0.15, 0.2) is 72.9 Å². The number of anilines is 2. The van der Waals surface area contributed by atoms with Crippen LogP contribution < -0.4 is 9.64 Å². The standard InChI is InChI=1S/C31H33ClN2O3/c1-21-9-11-25(12-10-21)19-34(26-8-5-7-22(2)15-26)27-18-29(31(35)36)33(20-27)13-6-14-37-28-16-23(3)30(32)24(4)17-28/h5,7-12,15-18,20H,6,13-14,19H2,1-4H3,(H,35,36). The van der Waals surface area contributed by atoms with E-state index in [-0.39, 0.29) is 5.69 Å². The fourth-order valence-electron chi connectivity index (χ4n) is 4.42. The molecule has 5 nitrogen and oxygen atoms in total. The van der Waals surface area contributed by atoms with E-state index in [4.69, 9.17) is 16.3 Å². The van der Waals surface area contributed by atoms with E-state index in [9.17, 15) is 9.90 Å². The quantitative estimate of drug-likeness (QED) is 0.218. The van der Waals surface area contributed by atoms with Gasteiger partial charge in [0.1, 0.15) is 11.4 Å². The fourth-order valence-corrected chi connectivity index (χ4v) is 4.53. The number of hydrogen-bond donors (Lipinski definition) is 1. The van der Waals surface area contributed by atoms with Crippen LogP contribution in [-0.2, 0) is 13.1 Å². The Bertz CT molecular complexity index is 1370. The van der Waals surface area contributed by atoms with E-state index in [1.807, 2.05) is 38.2 Å². The van der Waals surface area contributed by atoms with E-state index in [0.717, 1.165) is 44.4 Å². The van der Waals surface area contributed by atoms with Gasteiger partial charge in [-0.2, -0.15) is 0 Å². The average Bonchev–Trinajstić information content (AvgIpc) is 3.29. The van der Waals surface area contributed by atoms with Crippen molar-refractivity contribution in [1.29, 1.82) is 0 Å². The molecule has 6 heteroatoms. The highest BCUT2D eigenvalue weighted by atomic mass is 35.5. The minimum atomic E-state index is -0.948. The third-order valence-electron chi connectivity index (χ3n) is 6.41. The summed E-state index contributed by atoms with van der Waals surface area (Å²) in [7, 11) is 0. The van der Waals surface area contributed by atoms with Crippen molar-refractivity contribution in [2.75, 3.05) is 11.5 Å². The molecular formula is C31H33ClN2O3. The van der Waals surface area contributed by atoms with E-state index in [1.54, 1.807) is 10.6 Å². The first-order chi connectivity index (χ1) is 17.7. The van der Waals surface area contributed by atoms with Crippen molar-refractivity contribution in [2.24, 2.45) is 0 Å². The van der Waals surface area contributed by atoms with Crippen LogP contribution in [0, 0.1) is 27.7 Å². The number of carboxylic acids is 1. The third-order valence-corrected chi connectivity index (χ3v) is 7.01. The van der Waals surface area contributed by atoms with Crippen LogP contribution in [0.3, 0.4) is 0 Å². The van der Waals surface area contributed by atoms with Gasteiger partial charge in [-0.05, 0) is 86.7 Å². The Morgan fingerprint density at radius 1 is 0.919 bits per heavy atom. The van der Waals surface area contributed by atoms with Gasteiger partial charge >= 0.3 is 5.97 Å². The maximum atomic E-state index is 12.1. The van der Waals surface area contributed by atoms with Crippen LogP contribution in [0.25, 0.3) is 0 Å². The predicted octanol–water partition coefficient (Wildman–Crippen LogP) is 7.88. The predicted molar refractivity (Wildman–Crippen MR) is 151 cm³/mol. The number of aromatic carboxylic acids is 1. The lowest BCUT2D eigenvalue weighted by atomic mass is 10.1. The fraction of sp³-hybridized carbons (Fsp3) is 0.258. The number of aryl methyl sites for hydroxylation is 5. The highest BCUT2D eigenvalue weighted by Gasteiger charge is 2.18. The maximum Gasteiger partial charge on any atom is 0.352 e. The van der Waals surface area contributed by atoms with Gasteiger partial charge in [0.2, 0.25) is 0 Å². The van der Waals surface area contributed by atoms with E-state index in [2.05, 4.69) is 61.2 Å². The zero-order valence-corrected chi connectivity index (χ0v) is 22.5. The van der Waals surface area contributed by atoms with Gasteiger partial charge in [0.15, 0.2) is 0 Å². The molecule has 0 aliphatic rings. The molecule has 1 N–H and O–H groups in total. The summed E-state index contributed by atoms with van der Waals surface area (Å²) in [6.45, 7) is 9.67. The summed E-state index contributed by atoms with van der Waals surface area (Å²) in [5, 5.41) is 10.7. The van der Waals surface area contributed by atoms with E-state index in [0.29, 0.717) is 26.1 Å². The molecule has 0 saturated heterocycles. The number of carboxylic acid groups (broad SMARTS) is 1. The van der Waals surface area contributed by atoms with Crippen LogP contribution in [-0.4, -0.2) is 22.2 Å². The van der Waals surface area contributed by atoms with E-state index in [1.165, 1.54) is 5.56 Å². The molecule has 4 rings (SSSR count). The zero-order chi connectivity index (χ0) is 26.5. The van der Waals surface area contributed by atoms with Gasteiger partial charge in [-0.15, -0.1) is 0 Å². The number of nitrogens with zero attached hydrogens (tertiary/aromatic N) is 2. The molecule has 0 amide bonds. The van der Waals surface area contributed by atoms with Crippen molar-refractivity contribution in [1.82, 2.24) is 4.57 Å². The highest BCUT2D eigenvalue weighted by molar-refractivity contribution is 6.32. The number of hydrogen-bond acceptors (Lipinski definition) is 3. The van der Waals surface area contributed by atoms with Gasteiger partial charge in [0, 0.05) is 30.0 Å². The Hall–Kier alpha value is -3.70. The Morgan fingerprint density at radius 2 is 1.62 bits per heavy atom. The van der Waals surface area contributed by atoms with Crippen molar-refractivity contribution in [3.05, 3.63) is 111 Å². The smallest absolute Gasteiger partial charge is 0.352 e. The summed E-state index contributed by atoms with van der Waals surface area (Å²) >= 11 is 6.26. The normalized spacial score (nSPS) is 10.9. The first-order valence-electron chi connectivity index (χ1n) is 12.4. The van der Waals surface area contributed by atoms with Crippen LogP contribution in [0.1, 0.15) is 44.7 Å². The topological polar surface area (TPSA) is 54.7 Å². The van der Waals surface area contributed by atoms with Gasteiger partial charge in [0.05, 0.1) is 12.3 Å². The SMILES string of the molecule is Cc1ccc(CN(c2cccc(C)c2)c2cc(C(=O)O)n(CCCOc3cc(C)c(Cl)c(C)c3)c2)cc1. The lowest BCUT2D eigenvalue weighted by Crippen LogP contribution is -2.16. The van der Waals surface area contributed by atoms with Crippen LogP contribution in [0.2, 0.25) is 5.02 Å². The van der Waals surface area contributed by atoms with Gasteiger partial charge in [-0.3, -0.25) is 0 Å². The molecule has 0 fully saturated rings. The molecule has 4 aromatic rings. The Morgan fingerprint density at radius 3 is 2.27 bits per heavy atom. The third kappa shape index (κ3) is 6.55. The summed E-state index contributed by atoms with van der Waals surface area (Å²) in [5.74, 6) is -0.176. The summed E-state index contributed by atoms with van der Waals surface area (Å²) < 4.78 is 7.74. The minimum absolute atomic E-state index is 0.259. The average molecular weight is 517 g/mol. The number of benzene rings is 3. The first-order valence-corrected chi connectivity index (χ1v) is 12.8. The highest BCUT2D eigenvalue weighted by Crippen LogP contribution is 2.31. The summed E-state index contributed by atoms with van der Waals surface area (Å²) in [4.78, 5) is 14.3. The number of halogens is 1. The first kappa shape index (κ1) is 26.4. The summed E-state index contributed by atoms with van der Waals surface area (Å²) in [6, 6.07) is 22.3. The molecule has 1 aromatic heterocycles. The molecule has 0 atom stereocenters. The molecule has 0 aliphatic heterocycles. The lowest BCUT2D eigenvalue weighted by molar-refractivity contribution is 0.0684. The van der Waals surface area contributed by atoms with Gasteiger partial charge in [0.25, 0.3) is 0 Å². The van der Waals surface area contributed by atoms with Crippen LogP contribution >= 0.6 is 11.6 Å². The molecule has 0 bridgehead atoms. The molecule has 0 saturated carbocycles. The van der Waals surface area contributed by atoms with Crippen molar-refractivity contribution in [3.8, 4) is 5.75 Å². The molecule has 0 aliphatic carbocycles. The summed E-state index contributed by atoms with van der Waals surface area (Å²) in [5.41, 5.74) is 7.58. The van der Waals surface area contributed by atoms with Crippen LogP contribution in [0.4, 0.5) is 11.4 Å². The van der Waals surface area contributed by atoms with Gasteiger partial charge in [-0.1, -0.05) is 53.6 Å². The molecule has 192 valence electrons. The largest absolute Gasteiger partial charge is 0.494 e. The molecule has 37 heavy (non-hydrogen) atoms.